The molecule has 0 unspecified atom stereocenters. The van der Waals surface area contributed by atoms with Crippen LogP contribution in [0.5, 0.6) is 0 Å². The lowest BCUT2D eigenvalue weighted by Crippen LogP contribution is -2.27. The van der Waals surface area contributed by atoms with Gasteiger partial charge in [0, 0.05) is 59.7 Å². The number of hydrogen-bond acceptors (Lipinski definition) is 3. The molecule has 9 rings (SSSR count). The Morgan fingerprint density at radius 2 is 0.523 bits per heavy atom. The van der Waals surface area contributed by atoms with Crippen molar-refractivity contribution in [3.8, 4) is 0 Å². The summed E-state index contributed by atoms with van der Waals surface area (Å²) in [6.07, 6.45) is 0. The van der Waals surface area contributed by atoms with E-state index in [9.17, 15) is 0 Å². The first-order valence-corrected chi connectivity index (χ1v) is 25.6. The van der Waals surface area contributed by atoms with Gasteiger partial charge in [0.05, 0.1) is 0 Å². The lowest BCUT2D eigenvalue weighted by molar-refractivity contribution is 0.591. The van der Waals surface area contributed by atoms with Gasteiger partial charge in [0.25, 0.3) is 0 Å². The van der Waals surface area contributed by atoms with E-state index >= 15 is 9.13 Å². The monoisotopic (exact) mass is 881 g/mol. The quantitative estimate of drug-likeness (QED) is 0.108. The Hall–Kier alpha value is -6.76. The van der Waals surface area contributed by atoms with Crippen LogP contribution < -0.4 is 36.7 Å². The Morgan fingerprint density at radius 1 is 0.277 bits per heavy atom. The molecule has 0 radical (unpaired) electrons. The second kappa shape index (κ2) is 18.0. The maximum absolute atomic E-state index is 15.4. The van der Waals surface area contributed by atoms with Gasteiger partial charge in [-0.15, -0.1) is 0 Å². The van der Waals surface area contributed by atoms with Crippen LogP contribution in [0.15, 0.2) is 249 Å². The van der Waals surface area contributed by atoms with Crippen molar-refractivity contribution in [2.75, 3.05) is 4.90 Å². The Morgan fingerprint density at radius 3 is 0.846 bits per heavy atom. The van der Waals surface area contributed by atoms with Crippen LogP contribution in [0.3, 0.4) is 0 Å². The summed E-state index contributed by atoms with van der Waals surface area (Å²) in [5, 5.41) is 4.91. The molecular formula is C60H53NO2P2. The molecule has 0 amide bonds. The van der Waals surface area contributed by atoms with Crippen molar-refractivity contribution in [3.63, 3.8) is 0 Å². The molecule has 9 aromatic carbocycles. The average Bonchev–Trinajstić information content (AvgIpc) is 3.37. The first-order valence-electron chi connectivity index (χ1n) is 22.2. The first kappa shape index (κ1) is 43.5. The summed E-state index contributed by atoms with van der Waals surface area (Å²) in [4.78, 5) is 2.32. The van der Waals surface area contributed by atoms with Gasteiger partial charge in [0.1, 0.15) is 0 Å². The molecule has 9 aromatic rings. The minimum atomic E-state index is -3.17. The smallest absolute Gasteiger partial charge is 0.171 e. The fourth-order valence-electron chi connectivity index (χ4n) is 9.05. The summed E-state index contributed by atoms with van der Waals surface area (Å²) in [7, 11) is -6.35. The van der Waals surface area contributed by atoms with Crippen molar-refractivity contribution in [3.05, 3.63) is 271 Å². The number of rotatable bonds is 13. The van der Waals surface area contributed by atoms with Gasteiger partial charge < -0.3 is 14.0 Å². The average molecular weight is 882 g/mol. The van der Waals surface area contributed by atoms with E-state index in [1.165, 1.54) is 0 Å². The van der Waals surface area contributed by atoms with Crippen molar-refractivity contribution < 1.29 is 9.13 Å². The van der Waals surface area contributed by atoms with Gasteiger partial charge in [-0.3, -0.25) is 0 Å². The molecule has 0 aliphatic heterocycles. The van der Waals surface area contributed by atoms with Crippen molar-refractivity contribution in [1.29, 1.82) is 0 Å². The number of benzene rings is 9. The van der Waals surface area contributed by atoms with Gasteiger partial charge in [-0.2, -0.15) is 0 Å². The van der Waals surface area contributed by atoms with E-state index in [1.807, 2.05) is 140 Å². The van der Waals surface area contributed by atoms with Crippen LogP contribution in [0, 0.1) is 0 Å². The second-order valence-corrected chi connectivity index (χ2v) is 23.2. The topological polar surface area (TPSA) is 37.4 Å². The number of anilines is 3. The van der Waals surface area contributed by atoms with E-state index in [0.717, 1.165) is 71.1 Å². The third kappa shape index (κ3) is 8.28. The number of hydrogen-bond donors (Lipinski definition) is 0. The Balaban J connectivity index is 1.10. The zero-order valence-electron chi connectivity index (χ0n) is 37.3. The minimum absolute atomic E-state index is 0.444. The van der Waals surface area contributed by atoms with Crippen LogP contribution >= 0.6 is 14.3 Å². The number of nitrogens with zero attached hydrogens (tertiary/aromatic N) is 1. The van der Waals surface area contributed by atoms with Gasteiger partial charge in [-0.1, -0.05) is 228 Å². The summed E-state index contributed by atoms with van der Waals surface area (Å²) in [5.41, 5.74) is 6.65. The Labute approximate surface area is 384 Å². The zero-order chi connectivity index (χ0) is 45.1. The van der Waals surface area contributed by atoms with Crippen LogP contribution in [0.2, 0.25) is 0 Å². The first-order chi connectivity index (χ1) is 31.5. The van der Waals surface area contributed by atoms with Gasteiger partial charge in [0.15, 0.2) is 14.3 Å². The van der Waals surface area contributed by atoms with Crippen LogP contribution in [0.25, 0.3) is 0 Å². The second-order valence-electron chi connectivity index (χ2n) is 17.7. The van der Waals surface area contributed by atoms with E-state index in [0.29, 0.717) is 0 Å². The molecule has 0 spiro atoms. The molecule has 3 nitrogen and oxygen atoms in total. The van der Waals surface area contributed by atoms with E-state index in [1.54, 1.807) is 0 Å². The fraction of sp³-hybridized carbons (Fsp3) is 0.100. The molecule has 65 heavy (non-hydrogen) atoms. The highest BCUT2D eigenvalue weighted by Crippen LogP contribution is 2.46. The molecule has 0 bridgehead atoms. The SMILES string of the molecule is CC(C)(c1cccc(N(c2ccccc2)c2cccc(C(C)(C)c3cccc(P(=O)(c4ccccc4)c4ccccc4)c3)c2)c1)c1cccc(P(=O)(c2ccccc2)c2ccccc2)c1. The molecule has 0 aliphatic rings. The van der Waals surface area contributed by atoms with Crippen LogP contribution in [-0.4, -0.2) is 0 Å². The molecule has 0 N–H and O–H groups in total. The van der Waals surface area contributed by atoms with Gasteiger partial charge in [-0.25, -0.2) is 0 Å². The van der Waals surface area contributed by atoms with Gasteiger partial charge in [0.2, 0.25) is 0 Å². The van der Waals surface area contributed by atoms with Crippen molar-refractivity contribution in [2.45, 2.75) is 38.5 Å². The van der Waals surface area contributed by atoms with E-state index < -0.39 is 25.1 Å². The predicted octanol–water partition coefficient (Wildman–Crippen LogP) is 13.1. The fourth-order valence-corrected chi connectivity index (χ4v) is 14.4. The minimum Gasteiger partial charge on any atom is -0.310 e. The summed E-state index contributed by atoms with van der Waals surface area (Å²) >= 11 is 0. The van der Waals surface area contributed by atoms with Gasteiger partial charge >= 0.3 is 0 Å². The van der Waals surface area contributed by atoms with Crippen molar-refractivity contribution in [2.24, 2.45) is 0 Å². The maximum atomic E-state index is 15.4. The molecule has 320 valence electrons. The van der Waals surface area contributed by atoms with Crippen LogP contribution in [0.4, 0.5) is 17.1 Å². The maximum Gasteiger partial charge on any atom is 0.171 e. The van der Waals surface area contributed by atoms with E-state index in [2.05, 4.69) is 142 Å². The highest BCUT2D eigenvalue weighted by molar-refractivity contribution is 7.85. The zero-order valence-corrected chi connectivity index (χ0v) is 39.1. The van der Waals surface area contributed by atoms with Gasteiger partial charge in [-0.05, 0) is 70.8 Å². The van der Waals surface area contributed by atoms with Crippen molar-refractivity contribution >= 4 is 63.2 Å². The summed E-state index contributed by atoms with van der Waals surface area (Å²) < 4.78 is 30.9. The molecule has 0 saturated carbocycles. The number of para-hydroxylation sites is 1. The molecule has 0 saturated heterocycles. The molecule has 0 atom stereocenters. The van der Waals surface area contributed by atoms with E-state index in [-0.39, 0.29) is 0 Å². The van der Waals surface area contributed by atoms with Crippen molar-refractivity contribution in [1.82, 2.24) is 0 Å². The lowest BCUT2D eigenvalue weighted by atomic mass is 9.77. The van der Waals surface area contributed by atoms with Crippen LogP contribution in [0.1, 0.15) is 49.9 Å². The lowest BCUT2D eigenvalue weighted by Gasteiger charge is -2.32. The highest BCUT2D eigenvalue weighted by atomic mass is 31.2. The highest BCUT2D eigenvalue weighted by Gasteiger charge is 2.34. The Kier molecular flexibility index (Phi) is 12.1. The summed E-state index contributed by atoms with van der Waals surface area (Å²) in [6.45, 7) is 9.00. The van der Waals surface area contributed by atoms with E-state index in [4.69, 9.17) is 0 Å². The normalized spacial score (nSPS) is 12.1. The summed E-state index contributed by atoms with van der Waals surface area (Å²) in [5.74, 6) is 0. The third-order valence-corrected chi connectivity index (χ3v) is 19.1. The molecule has 0 fully saturated rings. The molecule has 0 heterocycles. The molecular weight excluding hydrogens is 829 g/mol. The largest absolute Gasteiger partial charge is 0.310 e. The third-order valence-electron chi connectivity index (χ3n) is 13.0. The standard InChI is InChI=1S/C60H53NO2P2/c1-59(2,48-26-22-40-57(44-48)64(62,53-32-12-6-13-33-53)54-34-14-7-15-35-54)46-24-20-30-51(42-46)61(50-28-10-5-11-29-50)52-31-21-25-47(43-52)60(3,4)49-27-23-41-58(45-49)65(63,55-36-16-8-17-37-55)56-38-18-9-19-39-56/h5-45H,1-4H3. The molecule has 0 aliphatic carbocycles. The van der Waals surface area contributed by atoms with Crippen LogP contribution in [-0.2, 0) is 20.0 Å². The summed E-state index contributed by atoms with van der Waals surface area (Å²) in [6, 6.07) is 84.4. The predicted molar refractivity (Wildman–Crippen MR) is 277 cm³/mol. The molecule has 0 aromatic heterocycles. The molecule has 5 heteroatoms. The Bertz CT molecular complexity index is 2870.